The second-order valence-electron chi connectivity index (χ2n) is 6.87. The van der Waals surface area contributed by atoms with Crippen LogP contribution in [0, 0.1) is 5.92 Å². The Morgan fingerprint density at radius 2 is 1.90 bits per heavy atom. The first-order valence-electron chi connectivity index (χ1n) is 8.81. The van der Waals surface area contributed by atoms with Crippen molar-refractivity contribution in [2.75, 3.05) is 53.4 Å². The van der Waals surface area contributed by atoms with E-state index < -0.39 is 0 Å². The Morgan fingerprint density at radius 3 is 2.48 bits per heavy atom. The van der Waals surface area contributed by atoms with Gasteiger partial charge in [0.25, 0.3) is 0 Å². The molecule has 2 N–H and O–H groups in total. The van der Waals surface area contributed by atoms with Crippen LogP contribution in [0.4, 0.5) is 0 Å². The lowest BCUT2D eigenvalue weighted by Crippen LogP contribution is -2.52. The minimum atomic E-state index is -0.00577. The maximum atomic E-state index is 9.88. The van der Waals surface area contributed by atoms with Crippen molar-refractivity contribution in [2.24, 2.45) is 5.92 Å². The van der Waals surface area contributed by atoms with Crippen LogP contribution in [0.1, 0.15) is 46.0 Å². The number of nitrogens with one attached hydrogen (secondary N) is 1. The van der Waals surface area contributed by atoms with Crippen molar-refractivity contribution in [1.29, 1.82) is 0 Å². The molecule has 1 aliphatic rings. The lowest BCUT2D eigenvalue weighted by Gasteiger charge is -2.36. The summed E-state index contributed by atoms with van der Waals surface area (Å²) in [7, 11) is 4.28. The lowest BCUT2D eigenvalue weighted by atomic mass is 9.85. The predicted molar refractivity (Wildman–Crippen MR) is 90.7 cm³/mol. The van der Waals surface area contributed by atoms with Gasteiger partial charge < -0.3 is 20.2 Å². The molecule has 0 saturated heterocycles. The third kappa shape index (κ3) is 5.85. The van der Waals surface area contributed by atoms with E-state index in [-0.39, 0.29) is 12.1 Å². The van der Waals surface area contributed by atoms with Crippen molar-refractivity contribution in [1.82, 2.24) is 15.1 Å². The molecule has 0 aromatic carbocycles. The zero-order valence-electron chi connectivity index (χ0n) is 14.7. The molecule has 126 valence electrons. The number of aliphatic hydroxyl groups excluding tert-OH is 1. The van der Waals surface area contributed by atoms with Gasteiger partial charge in [-0.05, 0) is 65.3 Å². The fourth-order valence-electron chi connectivity index (χ4n) is 3.75. The fourth-order valence-corrected chi connectivity index (χ4v) is 3.75. The molecule has 0 aromatic heterocycles. The van der Waals surface area contributed by atoms with Gasteiger partial charge in [-0.2, -0.15) is 0 Å². The van der Waals surface area contributed by atoms with Crippen LogP contribution in [0.5, 0.6) is 0 Å². The summed E-state index contributed by atoms with van der Waals surface area (Å²) >= 11 is 0. The Bertz CT molecular complexity index is 273. The van der Waals surface area contributed by atoms with E-state index in [9.17, 15) is 5.11 Å². The van der Waals surface area contributed by atoms with Crippen molar-refractivity contribution in [3.8, 4) is 0 Å². The number of hydrogen-bond donors (Lipinski definition) is 2. The summed E-state index contributed by atoms with van der Waals surface area (Å²) < 4.78 is 0. The molecule has 0 spiro atoms. The van der Waals surface area contributed by atoms with E-state index in [0.29, 0.717) is 5.92 Å². The highest BCUT2D eigenvalue weighted by atomic mass is 16.3. The first kappa shape index (κ1) is 18.9. The first-order valence-corrected chi connectivity index (χ1v) is 8.81. The largest absolute Gasteiger partial charge is 0.394 e. The topological polar surface area (TPSA) is 38.7 Å². The van der Waals surface area contributed by atoms with Gasteiger partial charge in [-0.15, -0.1) is 0 Å². The molecule has 0 bridgehead atoms. The SMILES string of the molecule is CCCN(CCC1CCCC1(CO)NCC)CCN(C)C. The predicted octanol–water partition coefficient (Wildman–Crippen LogP) is 1.79. The molecule has 1 rings (SSSR count). The average Bonchev–Trinajstić information content (AvgIpc) is 2.85. The van der Waals surface area contributed by atoms with Crippen LogP contribution in [0.2, 0.25) is 0 Å². The number of rotatable bonds is 11. The van der Waals surface area contributed by atoms with Crippen LogP contribution in [-0.4, -0.2) is 73.9 Å². The molecule has 1 saturated carbocycles. The van der Waals surface area contributed by atoms with E-state index in [1.807, 2.05) is 0 Å². The zero-order valence-corrected chi connectivity index (χ0v) is 14.7. The maximum absolute atomic E-state index is 9.88. The van der Waals surface area contributed by atoms with Crippen molar-refractivity contribution < 1.29 is 5.11 Å². The number of aliphatic hydroxyl groups is 1. The molecule has 0 aliphatic heterocycles. The van der Waals surface area contributed by atoms with Gasteiger partial charge in [-0.1, -0.05) is 20.3 Å². The fraction of sp³-hybridized carbons (Fsp3) is 1.00. The molecule has 2 unspecified atom stereocenters. The second kappa shape index (κ2) is 9.78. The Hall–Kier alpha value is -0.160. The first-order chi connectivity index (χ1) is 10.1. The number of likely N-dealkylation sites (N-methyl/N-ethyl adjacent to an activating group) is 2. The Kier molecular flexibility index (Phi) is 8.79. The Balaban J connectivity index is 2.49. The minimum Gasteiger partial charge on any atom is -0.394 e. The normalized spacial score (nSPS) is 26.1. The average molecular weight is 300 g/mol. The monoisotopic (exact) mass is 299 g/mol. The summed E-state index contributed by atoms with van der Waals surface area (Å²) in [5.74, 6) is 0.626. The second-order valence-corrected chi connectivity index (χ2v) is 6.87. The summed E-state index contributed by atoms with van der Waals surface area (Å²) in [6.07, 6.45) is 6.08. The maximum Gasteiger partial charge on any atom is 0.0616 e. The molecule has 1 aliphatic carbocycles. The molecule has 2 atom stereocenters. The lowest BCUT2D eigenvalue weighted by molar-refractivity contribution is 0.111. The van der Waals surface area contributed by atoms with E-state index in [2.05, 4.69) is 43.1 Å². The highest BCUT2D eigenvalue weighted by Crippen LogP contribution is 2.37. The van der Waals surface area contributed by atoms with Gasteiger partial charge in [0.15, 0.2) is 0 Å². The zero-order chi connectivity index (χ0) is 15.7. The van der Waals surface area contributed by atoms with Crippen LogP contribution in [0.15, 0.2) is 0 Å². The quantitative estimate of drug-likeness (QED) is 0.610. The molecule has 1 fully saturated rings. The minimum absolute atomic E-state index is 0.00577. The van der Waals surface area contributed by atoms with Crippen molar-refractivity contribution >= 4 is 0 Å². The van der Waals surface area contributed by atoms with Crippen LogP contribution in [0.3, 0.4) is 0 Å². The van der Waals surface area contributed by atoms with Gasteiger partial charge in [0.2, 0.25) is 0 Å². The summed E-state index contributed by atoms with van der Waals surface area (Å²) in [6, 6.07) is 0. The van der Waals surface area contributed by atoms with E-state index in [1.54, 1.807) is 0 Å². The molecule has 0 aromatic rings. The van der Waals surface area contributed by atoms with Gasteiger partial charge in [0, 0.05) is 18.6 Å². The van der Waals surface area contributed by atoms with Crippen LogP contribution in [-0.2, 0) is 0 Å². The van der Waals surface area contributed by atoms with Gasteiger partial charge in [0.05, 0.1) is 6.61 Å². The molecular weight excluding hydrogens is 262 g/mol. The van der Waals surface area contributed by atoms with E-state index in [4.69, 9.17) is 0 Å². The summed E-state index contributed by atoms with van der Waals surface area (Å²) in [4.78, 5) is 4.85. The van der Waals surface area contributed by atoms with Crippen LogP contribution >= 0.6 is 0 Å². The van der Waals surface area contributed by atoms with Gasteiger partial charge >= 0.3 is 0 Å². The van der Waals surface area contributed by atoms with Crippen LogP contribution in [0.25, 0.3) is 0 Å². The highest BCUT2D eigenvalue weighted by Gasteiger charge is 2.41. The summed E-state index contributed by atoms with van der Waals surface area (Å²) in [6.45, 7) is 10.3. The third-order valence-electron chi connectivity index (χ3n) is 4.97. The molecule has 4 heteroatoms. The van der Waals surface area contributed by atoms with Gasteiger partial charge in [-0.3, -0.25) is 0 Å². The Morgan fingerprint density at radius 1 is 1.14 bits per heavy atom. The summed E-state index contributed by atoms with van der Waals surface area (Å²) in [5.41, 5.74) is -0.00577. The highest BCUT2D eigenvalue weighted by molar-refractivity contribution is 4.98. The molecular formula is C17H37N3O. The number of nitrogens with zero attached hydrogens (tertiary/aromatic N) is 2. The van der Waals surface area contributed by atoms with Gasteiger partial charge in [0.1, 0.15) is 0 Å². The van der Waals surface area contributed by atoms with E-state index in [1.165, 1.54) is 38.8 Å². The van der Waals surface area contributed by atoms with E-state index >= 15 is 0 Å². The van der Waals surface area contributed by atoms with Crippen molar-refractivity contribution in [2.45, 2.75) is 51.5 Å². The number of hydrogen-bond acceptors (Lipinski definition) is 4. The summed E-state index contributed by atoms with van der Waals surface area (Å²) in [5, 5.41) is 13.5. The van der Waals surface area contributed by atoms with Crippen molar-refractivity contribution in [3.63, 3.8) is 0 Å². The van der Waals surface area contributed by atoms with E-state index in [0.717, 1.165) is 26.1 Å². The molecule has 0 heterocycles. The van der Waals surface area contributed by atoms with Gasteiger partial charge in [-0.25, -0.2) is 0 Å². The molecule has 4 nitrogen and oxygen atoms in total. The smallest absolute Gasteiger partial charge is 0.0616 e. The van der Waals surface area contributed by atoms with Crippen molar-refractivity contribution in [3.05, 3.63) is 0 Å². The third-order valence-corrected chi connectivity index (χ3v) is 4.97. The Labute approximate surface area is 131 Å². The standard InChI is InChI=1S/C17H37N3O/c1-5-11-20(14-13-19(3)4)12-9-16-8-7-10-17(16,15-21)18-6-2/h16,18,21H,5-15H2,1-4H3. The molecule has 21 heavy (non-hydrogen) atoms. The van der Waals surface area contributed by atoms with Crippen LogP contribution < -0.4 is 5.32 Å². The molecule has 0 amide bonds. The molecule has 0 radical (unpaired) electrons.